The first-order valence-electron chi connectivity index (χ1n) is 5.30. The van der Waals surface area contributed by atoms with E-state index in [0.29, 0.717) is 16.3 Å². The maximum absolute atomic E-state index is 11.9. The van der Waals surface area contributed by atoms with E-state index in [0.717, 1.165) is 10.0 Å². The highest BCUT2D eigenvalue weighted by Crippen LogP contribution is 2.26. The van der Waals surface area contributed by atoms with E-state index in [1.807, 2.05) is 19.1 Å². The van der Waals surface area contributed by atoms with E-state index in [2.05, 4.69) is 15.9 Å². The first-order valence-corrected chi connectivity index (χ1v) is 6.47. The standard InChI is InChI=1S/C14H10BrClO2/c1-9-5-6-13(12(15)7-9)18-14(17)10-3-2-4-11(16)8-10/h2-8H,1H3. The van der Waals surface area contributed by atoms with Crippen molar-refractivity contribution < 1.29 is 9.53 Å². The molecule has 0 spiro atoms. The SMILES string of the molecule is Cc1ccc(OC(=O)c2cccc(Cl)c2)c(Br)c1. The molecule has 2 aromatic carbocycles. The van der Waals surface area contributed by atoms with Crippen molar-refractivity contribution in [3.05, 3.63) is 63.1 Å². The fourth-order valence-electron chi connectivity index (χ4n) is 1.46. The van der Waals surface area contributed by atoms with E-state index >= 15 is 0 Å². The van der Waals surface area contributed by atoms with Crippen LogP contribution in [0.5, 0.6) is 5.75 Å². The largest absolute Gasteiger partial charge is 0.422 e. The van der Waals surface area contributed by atoms with Gasteiger partial charge < -0.3 is 4.74 Å². The summed E-state index contributed by atoms with van der Waals surface area (Å²) in [5.74, 6) is 0.0626. The number of esters is 1. The van der Waals surface area contributed by atoms with Gasteiger partial charge >= 0.3 is 5.97 Å². The molecule has 18 heavy (non-hydrogen) atoms. The van der Waals surface area contributed by atoms with Gasteiger partial charge in [-0.3, -0.25) is 0 Å². The molecule has 2 nitrogen and oxygen atoms in total. The smallest absolute Gasteiger partial charge is 0.343 e. The topological polar surface area (TPSA) is 26.3 Å². The van der Waals surface area contributed by atoms with E-state index in [1.165, 1.54) is 0 Å². The summed E-state index contributed by atoms with van der Waals surface area (Å²) in [6.45, 7) is 1.97. The molecule has 4 heteroatoms. The Bertz CT molecular complexity index is 596. The zero-order chi connectivity index (χ0) is 13.1. The van der Waals surface area contributed by atoms with Crippen LogP contribution in [0.3, 0.4) is 0 Å². The second-order valence-corrected chi connectivity index (χ2v) is 5.12. The van der Waals surface area contributed by atoms with E-state index in [4.69, 9.17) is 16.3 Å². The summed E-state index contributed by atoms with van der Waals surface area (Å²) in [6, 6.07) is 12.2. The lowest BCUT2D eigenvalue weighted by Gasteiger charge is -2.07. The van der Waals surface area contributed by atoms with Crippen LogP contribution in [-0.4, -0.2) is 5.97 Å². The average Bonchev–Trinajstić information content (AvgIpc) is 2.32. The van der Waals surface area contributed by atoms with Crippen LogP contribution >= 0.6 is 27.5 Å². The van der Waals surface area contributed by atoms with Crippen LogP contribution in [-0.2, 0) is 0 Å². The molecular formula is C14H10BrClO2. The molecule has 2 rings (SSSR count). The number of aryl methyl sites for hydroxylation is 1. The number of carbonyl (C=O) groups excluding carboxylic acids is 1. The third-order valence-electron chi connectivity index (χ3n) is 2.35. The summed E-state index contributed by atoms with van der Waals surface area (Å²) in [4.78, 5) is 11.9. The van der Waals surface area contributed by atoms with Crippen LogP contribution in [0.15, 0.2) is 46.9 Å². The maximum Gasteiger partial charge on any atom is 0.343 e. The first kappa shape index (κ1) is 13.1. The second-order valence-electron chi connectivity index (χ2n) is 3.83. The van der Waals surface area contributed by atoms with Gasteiger partial charge in [-0.1, -0.05) is 23.7 Å². The molecule has 0 atom stereocenters. The number of ether oxygens (including phenoxy) is 1. The highest BCUT2D eigenvalue weighted by Gasteiger charge is 2.11. The first-order chi connectivity index (χ1) is 8.56. The van der Waals surface area contributed by atoms with Gasteiger partial charge in [-0.05, 0) is 58.7 Å². The minimum Gasteiger partial charge on any atom is -0.422 e. The molecule has 0 aliphatic heterocycles. The second kappa shape index (κ2) is 5.55. The highest BCUT2D eigenvalue weighted by molar-refractivity contribution is 9.10. The van der Waals surface area contributed by atoms with Crippen molar-refractivity contribution in [2.24, 2.45) is 0 Å². The lowest BCUT2D eigenvalue weighted by atomic mass is 10.2. The van der Waals surface area contributed by atoms with Crippen LogP contribution in [0.2, 0.25) is 5.02 Å². The summed E-state index contributed by atoms with van der Waals surface area (Å²) in [5.41, 5.74) is 1.51. The third kappa shape index (κ3) is 3.12. The van der Waals surface area contributed by atoms with Crippen LogP contribution in [0, 0.1) is 6.92 Å². The third-order valence-corrected chi connectivity index (χ3v) is 3.21. The Morgan fingerprint density at radius 1 is 1.22 bits per heavy atom. The number of halogens is 2. The molecule has 0 saturated carbocycles. The molecule has 0 bridgehead atoms. The zero-order valence-corrected chi connectivity index (χ0v) is 12.0. The summed E-state index contributed by atoms with van der Waals surface area (Å²) in [5, 5.41) is 0.507. The van der Waals surface area contributed by atoms with Gasteiger partial charge in [0.2, 0.25) is 0 Å². The molecule has 0 aromatic heterocycles. The van der Waals surface area contributed by atoms with Gasteiger partial charge in [0.15, 0.2) is 0 Å². The van der Waals surface area contributed by atoms with Crippen molar-refractivity contribution in [3.8, 4) is 5.75 Å². The number of hydrogen-bond donors (Lipinski definition) is 0. The van der Waals surface area contributed by atoms with E-state index in [-0.39, 0.29) is 0 Å². The summed E-state index contributed by atoms with van der Waals surface area (Å²) in [7, 11) is 0. The predicted molar refractivity (Wildman–Crippen MR) is 75.3 cm³/mol. The average molecular weight is 326 g/mol. The Labute approximate surface area is 119 Å². The van der Waals surface area contributed by atoms with Crippen molar-refractivity contribution >= 4 is 33.5 Å². The Hall–Kier alpha value is -1.32. The van der Waals surface area contributed by atoms with Crippen molar-refractivity contribution in [1.82, 2.24) is 0 Å². The van der Waals surface area contributed by atoms with Crippen molar-refractivity contribution in [2.75, 3.05) is 0 Å². The summed E-state index contributed by atoms with van der Waals surface area (Å²) >= 11 is 9.19. The minimum absolute atomic E-state index is 0.426. The molecule has 92 valence electrons. The molecule has 0 amide bonds. The summed E-state index contributed by atoms with van der Waals surface area (Å²) in [6.07, 6.45) is 0. The molecule has 0 N–H and O–H groups in total. The zero-order valence-electron chi connectivity index (χ0n) is 9.61. The van der Waals surface area contributed by atoms with E-state index in [1.54, 1.807) is 30.3 Å². The normalized spacial score (nSPS) is 10.2. The van der Waals surface area contributed by atoms with Crippen LogP contribution in [0.25, 0.3) is 0 Å². The number of rotatable bonds is 2. The molecule has 2 aromatic rings. The van der Waals surface area contributed by atoms with Gasteiger partial charge in [0, 0.05) is 5.02 Å². The van der Waals surface area contributed by atoms with E-state index in [9.17, 15) is 4.79 Å². The van der Waals surface area contributed by atoms with Gasteiger partial charge in [0.05, 0.1) is 10.0 Å². The number of carbonyl (C=O) groups is 1. The van der Waals surface area contributed by atoms with E-state index < -0.39 is 5.97 Å². The highest BCUT2D eigenvalue weighted by atomic mass is 79.9. The van der Waals surface area contributed by atoms with Gasteiger partial charge in [-0.2, -0.15) is 0 Å². The lowest BCUT2D eigenvalue weighted by Crippen LogP contribution is -2.08. The van der Waals surface area contributed by atoms with Gasteiger partial charge in [0.1, 0.15) is 5.75 Å². The van der Waals surface area contributed by atoms with Crippen LogP contribution < -0.4 is 4.74 Å². The quantitative estimate of drug-likeness (QED) is 0.594. The number of hydrogen-bond acceptors (Lipinski definition) is 2. The molecule has 0 aliphatic rings. The Balaban J connectivity index is 2.21. The number of benzene rings is 2. The Kier molecular flexibility index (Phi) is 4.04. The monoisotopic (exact) mass is 324 g/mol. The van der Waals surface area contributed by atoms with Gasteiger partial charge in [0.25, 0.3) is 0 Å². The fourth-order valence-corrected chi connectivity index (χ4v) is 2.23. The van der Waals surface area contributed by atoms with Crippen molar-refractivity contribution in [3.63, 3.8) is 0 Å². The molecule has 0 saturated heterocycles. The van der Waals surface area contributed by atoms with Gasteiger partial charge in [-0.15, -0.1) is 0 Å². The van der Waals surface area contributed by atoms with Crippen LogP contribution in [0.4, 0.5) is 0 Å². The molecular weight excluding hydrogens is 316 g/mol. The molecule has 0 aliphatic carbocycles. The molecule has 0 radical (unpaired) electrons. The molecule has 0 fully saturated rings. The maximum atomic E-state index is 11.9. The fraction of sp³-hybridized carbons (Fsp3) is 0.0714. The summed E-state index contributed by atoms with van der Waals surface area (Å²) < 4.78 is 6.04. The van der Waals surface area contributed by atoms with Gasteiger partial charge in [-0.25, -0.2) is 4.79 Å². The van der Waals surface area contributed by atoms with Crippen molar-refractivity contribution in [2.45, 2.75) is 6.92 Å². The predicted octanol–water partition coefficient (Wildman–Crippen LogP) is 4.63. The van der Waals surface area contributed by atoms with Crippen LogP contribution in [0.1, 0.15) is 15.9 Å². The molecule has 0 unspecified atom stereocenters. The Morgan fingerprint density at radius 3 is 2.67 bits per heavy atom. The Morgan fingerprint density at radius 2 is 2.00 bits per heavy atom. The van der Waals surface area contributed by atoms with Crippen molar-refractivity contribution in [1.29, 1.82) is 0 Å². The minimum atomic E-state index is -0.429. The molecule has 0 heterocycles. The lowest BCUT2D eigenvalue weighted by molar-refractivity contribution is 0.0733.